The number of benzene rings is 2. The maximum atomic E-state index is 16.3. The quantitative estimate of drug-likeness (QED) is 0.0291. The molecule has 0 radical (unpaired) electrons. The van der Waals surface area contributed by atoms with Gasteiger partial charge in [0.2, 0.25) is 12.7 Å². The molecule has 0 aliphatic rings. The van der Waals surface area contributed by atoms with Crippen LogP contribution in [0.5, 0.6) is 11.5 Å². The second-order valence-corrected chi connectivity index (χ2v) is 11.8. The van der Waals surface area contributed by atoms with Crippen molar-refractivity contribution in [1.29, 1.82) is 5.41 Å². The number of amides is 1. The van der Waals surface area contributed by atoms with Crippen LogP contribution in [-0.2, 0) is 28.5 Å². The number of aliphatic imine (C=N–C) groups is 1. The summed E-state index contributed by atoms with van der Waals surface area (Å²) in [5, 5.41) is 16.4. The number of hydrogen-bond acceptors (Lipinski definition) is 16. The van der Waals surface area contributed by atoms with Crippen LogP contribution in [0.25, 0.3) is 0 Å². The number of amidine groups is 2. The highest BCUT2D eigenvalue weighted by Crippen LogP contribution is 2.34. The number of alkyl halides is 1. The lowest BCUT2D eigenvalue weighted by Gasteiger charge is -2.26. The summed E-state index contributed by atoms with van der Waals surface area (Å²) in [7, 11) is 1.36. The molecular weight excluding hydrogens is 730 g/mol. The number of nitrogens with one attached hydrogen (secondary N) is 4. The molecule has 3 aromatic rings. The summed E-state index contributed by atoms with van der Waals surface area (Å²) in [5.41, 5.74) is 5.77. The van der Waals surface area contributed by atoms with Crippen molar-refractivity contribution in [3.63, 3.8) is 0 Å². The molecule has 0 saturated carbocycles. The number of carbonyl (C=O) groups excluding carboxylic acids is 3. The Morgan fingerprint density at radius 1 is 1.02 bits per heavy atom. The molecule has 2 aromatic carbocycles. The van der Waals surface area contributed by atoms with Gasteiger partial charge in [-0.3, -0.25) is 20.8 Å². The van der Waals surface area contributed by atoms with Crippen LogP contribution in [0, 0.1) is 11.2 Å². The lowest BCUT2D eigenvalue weighted by molar-refractivity contribution is -0.141. The van der Waals surface area contributed by atoms with Crippen molar-refractivity contribution < 1.29 is 56.3 Å². The van der Waals surface area contributed by atoms with Crippen LogP contribution in [0.15, 0.2) is 59.9 Å². The number of rotatable bonds is 18. The van der Waals surface area contributed by atoms with Gasteiger partial charge in [0.25, 0.3) is 6.02 Å². The van der Waals surface area contributed by atoms with Gasteiger partial charge in [0.15, 0.2) is 11.6 Å². The Hall–Kier alpha value is -6.31. The van der Waals surface area contributed by atoms with E-state index in [1.807, 2.05) is 6.92 Å². The second-order valence-electron chi connectivity index (χ2n) is 11.8. The highest BCUT2D eigenvalue weighted by molar-refractivity contribution is 6.04. The predicted molar refractivity (Wildman–Crippen MR) is 194 cm³/mol. The molecule has 0 fully saturated rings. The van der Waals surface area contributed by atoms with Gasteiger partial charge < -0.3 is 44.2 Å². The summed E-state index contributed by atoms with van der Waals surface area (Å²) in [6.07, 6.45) is 0.0162. The number of alkyl carbamates (subject to hydrolysis) is 1. The normalized spacial score (nSPS) is 12.3. The van der Waals surface area contributed by atoms with Crippen molar-refractivity contribution in [3.8, 4) is 11.5 Å². The molecule has 298 valence electrons. The van der Waals surface area contributed by atoms with Crippen LogP contribution in [0.4, 0.5) is 30.0 Å². The summed E-state index contributed by atoms with van der Waals surface area (Å²) in [6, 6.07) is 8.72. The number of nitrogens with two attached hydrogens (primary N) is 1. The van der Waals surface area contributed by atoms with Gasteiger partial charge in [-0.25, -0.2) is 33.3 Å². The molecule has 1 amide bonds. The molecule has 20 heteroatoms. The maximum absolute atomic E-state index is 16.3. The number of ether oxygens (including phenoxy) is 7. The van der Waals surface area contributed by atoms with E-state index in [9.17, 15) is 18.8 Å². The van der Waals surface area contributed by atoms with Crippen molar-refractivity contribution in [2.24, 2.45) is 10.7 Å². The molecule has 0 aliphatic carbocycles. The van der Waals surface area contributed by atoms with Gasteiger partial charge in [-0.05, 0) is 56.7 Å². The van der Waals surface area contributed by atoms with Gasteiger partial charge in [0, 0.05) is 42.2 Å². The third-order valence-corrected chi connectivity index (χ3v) is 6.86. The van der Waals surface area contributed by atoms with E-state index in [4.69, 9.17) is 44.3 Å². The number of carbonyl (C=O) groups is 3. The van der Waals surface area contributed by atoms with E-state index >= 15 is 4.39 Å². The third-order valence-electron chi connectivity index (χ3n) is 6.86. The zero-order valence-electron chi connectivity index (χ0n) is 30.9. The first-order chi connectivity index (χ1) is 26.2. The largest absolute Gasteiger partial charge is 0.511 e. The van der Waals surface area contributed by atoms with E-state index in [1.165, 1.54) is 64.5 Å². The second kappa shape index (κ2) is 21.4. The molecule has 3 rings (SSSR count). The van der Waals surface area contributed by atoms with E-state index in [1.54, 1.807) is 18.2 Å². The highest BCUT2D eigenvalue weighted by atomic mass is 19.1. The Kier molecular flexibility index (Phi) is 16.8. The molecule has 55 heavy (non-hydrogen) atoms. The molecule has 1 aromatic heterocycles. The van der Waals surface area contributed by atoms with Crippen molar-refractivity contribution in [2.75, 3.05) is 51.0 Å². The fourth-order valence-electron chi connectivity index (χ4n) is 4.23. The first-order valence-corrected chi connectivity index (χ1v) is 16.7. The standard InChI is InChI=1S/C35H44F2N8O10/c1-6-14-52-33(47)44-29(38)22-8-10-23(11-9-22)42-28(25-17-24(49-5)18-26(27(25)37)51-16-15-50-21(2)46)30(39)43-32(45-31-40-12-7-13-41-31)53-20-54-34(48)55-35(3,4)19-36/h7-13,17-18,28,30,42H,6,14-16,19-20,39H2,1-5H3,(H2,38,44,47)(H,40,41,43,45)/t28-,30?/m1/s1. The zero-order chi connectivity index (χ0) is 40.4. The van der Waals surface area contributed by atoms with Crippen molar-refractivity contribution >= 4 is 41.7 Å². The minimum Gasteiger partial charge on any atom is -0.497 e. The van der Waals surface area contributed by atoms with E-state index in [-0.39, 0.29) is 54.7 Å². The van der Waals surface area contributed by atoms with Crippen LogP contribution in [0.2, 0.25) is 0 Å². The average Bonchev–Trinajstić information content (AvgIpc) is 3.15. The number of methoxy groups -OCH3 is 1. The fraction of sp³-hybridized carbons (Fsp3) is 0.400. The highest BCUT2D eigenvalue weighted by Gasteiger charge is 2.28. The van der Waals surface area contributed by atoms with Gasteiger partial charge in [-0.1, -0.05) is 6.92 Å². The minimum atomic E-state index is -1.45. The molecule has 6 N–H and O–H groups in total. The van der Waals surface area contributed by atoms with E-state index in [0.29, 0.717) is 17.7 Å². The van der Waals surface area contributed by atoms with Crippen LogP contribution in [0.3, 0.4) is 0 Å². The molecule has 0 bridgehead atoms. The molecule has 0 spiro atoms. The molecule has 1 unspecified atom stereocenters. The molecule has 18 nitrogen and oxygen atoms in total. The summed E-state index contributed by atoms with van der Waals surface area (Å²) in [6.45, 7) is 3.82. The Morgan fingerprint density at radius 2 is 1.73 bits per heavy atom. The smallest absolute Gasteiger partial charge is 0.497 e. The predicted octanol–water partition coefficient (Wildman–Crippen LogP) is 4.81. The van der Waals surface area contributed by atoms with Crippen LogP contribution >= 0.6 is 0 Å². The third kappa shape index (κ3) is 14.6. The molecule has 0 aliphatic heterocycles. The van der Waals surface area contributed by atoms with Gasteiger partial charge >= 0.3 is 18.2 Å². The average molecular weight is 775 g/mol. The number of esters is 1. The van der Waals surface area contributed by atoms with Crippen molar-refractivity contribution in [3.05, 3.63) is 71.8 Å². The topological polar surface area (TPSA) is 240 Å². The summed E-state index contributed by atoms with van der Waals surface area (Å²) >= 11 is 0. The molecule has 2 atom stereocenters. The zero-order valence-corrected chi connectivity index (χ0v) is 30.9. The number of aromatic nitrogens is 2. The first-order valence-electron chi connectivity index (χ1n) is 16.7. The minimum absolute atomic E-state index is 0.000322. The van der Waals surface area contributed by atoms with Crippen LogP contribution in [0.1, 0.15) is 51.3 Å². The Bertz CT molecular complexity index is 1770. The number of hydrogen-bond donors (Lipinski definition) is 5. The monoisotopic (exact) mass is 774 g/mol. The number of halogens is 2. The van der Waals surface area contributed by atoms with Crippen LogP contribution < -0.4 is 31.2 Å². The van der Waals surface area contributed by atoms with E-state index in [2.05, 4.69) is 30.9 Å². The van der Waals surface area contributed by atoms with Gasteiger partial charge in [0.1, 0.15) is 43.2 Å². The SMILES string of the molecule is CCCOC(=O)NC(=N)c1ccc(N[C@H](c2cc(OC)cc(OCCOC(C)=O)c2F)C(N)N=C(Nc2ncccn2)OCOC(=O)OC(C)(C)CF)cc1. The van der Waals surface area contributed by atoms with Crippen molar-refractivity contribution in [1.82, 2.24) is 15.3 Å². The lowest BCUT2D eigenvalue weighted by atomic mass is 10.0. The molecule has 1 heterocycles. The number of anilines is 2. The van der Waals surface area contributed by atoms with E-state index < -0.39 is 55.3 Å². The van der Waals surface area contributed by atoms with Crippen LogP contribution in [-0.4, -0.2) is 92.2 Å². The van der Waals surface area contributed by atoms with E-state index in [0.717, 1.165) is 0 Å². The fourth-order valence-corrected chi connectivity index (χ4v) is 4.23. The van der Waals surface area contributed by atoms with Gasteiger partial charge in [-0.15, -0.1) is 0 Å². The number of nitrogens with zero attached hydrogens (tertiary/aromatic N) is 3. The lowest BCUT2D eigenvalue weighted by Crippen LogP contribution is -2.35. The molecule has 0 saturated heterocycles. The summed E-state index contributed by atoms with van der Waals surface area (Å²) < 4.78 is 65.7. The summed E-state index contributed by atoms with van der Waals surface area (Å²) in [4.78, 5) is 47.8. The van der Waals surface area contributed by atoms with Crippen molar-refractivity contribution in [2.45, 2.75) is 51.9 Å². The van der Waals surface area contributed by atoms with Gasteiger partial charge in [-0.2, -0.15) is 0 Å². The Labute approximate surface area is 315 Å². The summed E-state index contributed by atoms with van der Waals surface area (Å²) in [5.74, 6) is -1.74. The Balaban J connectivity index is 2.01. The van der Waals surface area contributed by atoms with Gasteiger partial charge in [0.05, 0.1) is 19.8 Å². The first kappa shape index (κ1) is 43.1. The maximum Gasteiger partial charge on any atom is 0.511 e. The molecular formula is C35H44F2N8O10. The Morgan fingerprint density at radius 3 is 2.36 bits per heavy atom.